The van der Waals surface area contributed by atoms with Gasteiger partial charge in [0.1, 0.15) is 12.6 Å². The molecule has 0 aliphatic heterocycles. The Morgan fingerprint density at radius 3 is 2.26 bits per heavy atom. The standard InChI is InChI=1S/C19H26ClNO6/c1-13(2)15(16(22)26-12-27-17(23)19(3,4)11-20)21-18(24)25-10-14-8-6-5-7-9-14/h5-9,13,15H,10-12H2,1-4H3,(H,21,24)/t15-/m0/s1. The number of ether oxygens (including phenoxy) is 3. The molecule has 1 N–H and O–H groups in total. The van der Waals surface area contributed by atoms with E-state index < -0.39 is 36.3 Å². The van der Waals surface area contributed by atoms with Crippen LogP contribution in [-0.2, 0) is 30.4 Å². The smallest absolute Gasteiger partial charge is 0.408 e. The van der Waals surface area contributed by atoms with Crippen molar-refractivity contribution in [2.45, 2.75) is 40.3 Å². The summed E-state index contributed by atoms with van der Waals surface area (Å²) >= 11 is 5.68. The second kappa shape index (κ2) is 10.8. The van der Waals surface area contributed by atoms with Crippen LogP contribution >= 0.6 is 11.6 Å². The van der Waals surface area contributed by atoms with Gasteiger partial charge in [0.2, 0.25) is 6.79 Å². The second-order valence-corrected chi connectivity index (χ2v) is 7.23. The Bertz CT molecular complexity index is 632. The number of alkyl halides is 1. The molecular weight excluding hydrogens is 374 g/mol. The van der Waals surface area contributed by atoms with Crippen molar-refractivity contribution in [1.82, 2.24) is 5.32 Å². The lowest BCUT2D eigenvalue weighted by atomic mass is 9.97. The summed E-state index contributed by atoms with van der Waals surface area (Å²) < 4.78 is 14.9. The van der Waals surface area contributed by atoms with E-state index in [4.69, 9.17) is 25.8 Å². The molecule has 0 saturated heterocycles. The maximum Gasteiger partial charge on any atom is 0.408 e. The molecule has 0 radical (unpaired) electrons. The van der Waals surface area contributed by atoms with E-state index in [-0.39, 0.29) is 18.4 Å². The van der Waals surface area contributed by atoms with E-state index in [0.29, 0.717) is 0 Å². The molecule has 0 aliphatic rings. The lowest BCUT2D eigenvalue weighted by Crippen LogP contribution is -2.45. The second-order valence-electron chi connectivity index (χ2n) is 6.96. The highest BCUT2D eigenvalue weighted by molar-refractivity contribution is 6.19. The fraction of sp³-hybridized carbons (Fsp3) is 0.526. The Morgan fingerprint density at radius 2 is 1.70 bits per heavy atom. The maximum atomic E-state index is 12.2. The van der Waals surface area contributed by atoms with Crippen molar-refractivity contribution in [2.24, 2.45) is 11.3 Å². The average Bonchev–Trinajstić information content (AvgIpc) is 2.64. The quantitative estimate of drug-likeness (QED) is 0.389. The predicted octanol–water partition coefficient (Wildman–Crippen LogP) is 3.25. The van der Waals surface area contributed by atoms with Crippen LogP contribution in [0.1, 0.15) is 33.3 Å². The highest BCUT2D eigenvalue weighted by Crippen LogP contribution is 2.19. The first-order valence-electron chi connectivity index (χ1n) is 8.54. The van der Waals surface area contributed by atoms with Gasteiger partial charge in [-0.05, 0) is 25.3 Å². The molecule has 1 atom stereocenters. The number of carbonyl (C=O) groups is 3. The molecule has 0 aliphatic carbocycles. The van der Waals surface area contributed by atoms with Crippen LogP contribution in [0, 0.1) is 11.3 Å². The average molecular weight is 400 g/mol. The van der Waals surface area contributed by atoms with Gasteiger partial charge in [-0.3, -0.25) is 4.79 Å². The zero-order chi connectivity index (χ0) is 20.4. The first-order chi connectivity index (χ1) is 12.7. The minimum absolute atomic E-state index is 0.0726. The van der Waals surface area contributed by atoms with E-state index in [1.54, 1.807) is 27.7 Å². The minimum atomic E-state index is -0.937. The molecule has 1 aromatic rings. The number of hydrogen-bond donors (Lipinski definition) is 1. The van der Waals surface area contributed by atoms with Crippen LogP contribution in [0.2, 0.25) is 0 Å². The third-order valence-corrected chi connectivity index (χ3v) is 4.35. The van der Waals surface area contributed by atoms with Gasteiger partial charge in [0.25, 0.3) is 0 Å². The van der Waals surface area contributed by atoms with E-state index in [0.717, 1.165) is 5.56 Å². The van der Waals surface area contributed by atoms with Gasteiger partial charge in [-0.2, -0.15) is 0 Å². The molecular formula is C19H26ClNO6. The Balaban J connectivity index is 2.48. The number of hydrogen-bond acceptors (Lipinski definition) is 6. The molecule has 0 spiro atoms. The van der Waals surface area contributed by atoms with Gasteiger partial charge in [-0.25, -0.2) is 9.59 Å². The van der Waals surface area contributed by atoms with Gasteiger partial charge in [-0.1, -0.05) is 44.2 Å². The fourth-order valence-electron chi connectivity index (χ4n) is 1.87. The molecule has 7 nitrogen and oxygen atoms in total. The van der Waals surface area contributed by atoms with Crippen molar-refractivity contribution < 1.29 is 28.6 Å². The molecule has 0 saturated carbocycles. The predicted molar refractivity (Wildman–Crippen MR) is 99.9 cm³/mol. The third kappa shape index (κ3) is 7.86. The van der Waals surface area contributed by atoms with Gasteiger partial charge in [0.05, 0.1) is 5.41 Å². The van der Waals surface area contributed by atoms with E-state index in [2.05, 4.69) is 5.32 Å². The zero-order valence-corrected chi connectivity index (χ0v) is 16.7. The van der Waals surface area contributed by atoms with Gasteiger partial charge >= 0.3 is 18.0 Å². The molecule has 0 bridgehead atoms. The molecule has 0 heterocycles. The number of benzene rings is 1. The number of amides is 1. The lowest BCUT2D eigenvalue weighted by Gasteiger charge is -2.22. The van der Waals surface area contributed by atoms with Gasteiger partial charge < -0.3 is 19.5 Å². The van der Waals surface area contributed by atoms with E-state index in [1.807, 2.05) is 30.3 Å². The van der Waals surface area contributed by atoms with Crippen molar-refractivity contribution in [3.05, 3.63) is 35.9 Å². The molecule has 8 heteroatoms. The SMILES string of the molecule is CC(C)[C@H](NC(=O)OCc1ccccc1)C(=O)OCOC(=O)C(C)(C)CCl. The van der Waals surface area contributed by atoms with Crippen LogP contribution in [0.25, 0.3) is 0 Å². The summed E-state index contributed by atoms with van der Waals surface area (Å²) in [5, 5.41) is 2.47. The Labute approximate surface area is 164 Å². The van der Waals surface area contributed by atoms with Crippen LogP contribution in [0.4, 0.5) is 4.79 Å². The maximum absolute atomic E-state index is 12.2. The van der Waals surface area contributed by atoms with Crippen molar-refractivity contribution in [3.63, 3.8) is 0 Å². The molecule has 0 unspecified atom stereocenters. The van der Waals surface area contributed by atoms with Crippen molar-refractivity contribution in [1.29, 1.82) is 0 Å². The Morgan fingerprint density at radius 1 is 1.07 bits per heavy atom. The number of carbonyl (C=O) groups excluding carboxylic acids is 3. The van der Waals surface area contributed by atoms with E-state index in [9.17, 15) is 14.4 Å². The molecule has 150 valence electrons. The summed E-state index contributed by atoms with van der Waals surface area (Å²) in [6.45, 7) is 6.24. The number of rotatable bonds is 9. The van der Waals surface area contributed by atoms with Gasteiger partial charge in [0.15, 0.2) is 0 Å². The monoisotopic (exact) mass is 399 g/mol. The Hall–Kier alpha value is -2.28. The normalized spacial score (nSPS) is 12.2. The summed E-state index contributed by atoms with van der Waals surface area (Å²) in [6.07, 6.45) is -0.741. The summed E-state index contributed by atoms with van der Waals surface area (Å²) in [5.41, 5.74) is -0.0598. The highest BCUT2D eigenvalue weighted by atomic mass is 35.5. The zero-order valence-electron chi connectivity index (χ0n) is 16.0. The first-order valence-corrected chi connectivity index (χ1v) is 9.08. The molecule has 0 aromatic heterocycles. The third-order valence-electron chi connectivity index (χ3n) is 3.68. The molecule has 27 heavy (non-hydrogen) atoms. The van der Waals surface area contributed by atoms with Gasteiger partial charge in [0, 0.05) is 5.88 Å². The first kappa shape index (κ1) is 22.8. The summed E-state index contributed by atoms with van der Waals surface area (Å²) in [7, 11) is 0. The number of alkyl carbamates (subject to hydrolysis) is 1. The van der Waals surface area contributed by atoms with Crippen LogP contribution in [0.3, 0.4) is 0 Å². The van der Waals surface area contributed by atoms with E-state index in [1.165, 1.54) is 0 Å². The highest BCUT2D eigenvalue weighted by Gasteiger charge is 2.30. The van der Waals surface area contributed by atoms with E-state index >= 15 is 0 Å². The van der Waals surface area contributed by atoms with Crippen LogP contribution in [-0.4, -0.2) is 36.7 Å². The molecule has 0 fully saturated rings. The van der Waals surface area contributed by atoms with Crippen LogP contribution < -0.4 is 5.32 Å². The Kier molecular flexibility index (Phi) is 9.08. The molecule has 1 amide bonds. The fourth-order valence-corrected chi connectivity index (χ4v) is 1.98. The summed E-state index contributed by atoms with van der Waals surface area (Å²) in [5.74, 6) is -1.49. The number of nitrogens with one attached hydrogen (secondary N) is 1. The number of halogens is 1. The molecule has 1 aromatic carbocycles. The lowest BCUT2D eigenvalue weighted by molar-refractivity contribution is -0.174. The van der Waals surface area contributed by atoms with Crippen molar-refractivity contribution in [2.75, 3.05) is 12.7 Å². The largest absolute Gasteiger partial charge is 0.445 e. The van der Waals surface area contributed by atoms with Crippen molar-refractivity contribution >= 4 is 29.6 Å². The minimum Gasteiger partial charge on any atom is -0.445 e. The molecule has 1 rings (SSSR count). The number of esters is 2. The van der Waals surface area contributed by atoms with Crippen molar-refractivity contribution in [3.8, 4) is 0 Å². The van der Waals surface area contributed by atoms with Crippen LogP contribution in [0.15, 0.2) is 30.3 Å². The van der Waals surface area contributed by atoms with Gasteiger partial charge in [-0.15, -0.1) is 11.6 Å². The summed E-state index contributed by atoms with van der Waals surface area (Å²) in [4.78, 5) is 35.9. The summed E-state index contributed by atoms with van der Waals surface area (Å²) in [6, 6.07) is 8.22. The van der Waals surface area contributed by atoms with Crippen LogP contribution in [0.5, 0.6) is 0 Å². The topological polar surface area (TPSA) is 90.9 Å².